The zero-order valence-electron chi connectivity index (χ0n) is 13.8. The Bertz CT molecular complexity index is 321. The molecule has 1 heterocycles. The number of amides is 2. The number of ketones is 1. The average molecular weight is 303 g/mol. The highest BCUT2D eigenvalue weighted by Crippen LogP contribution is 2.17. The number of carbonyl (C=O) groups is 3. The SMILES string of the molecule is CC.CC.CC(=O)CONC(=O)C1CCCN1C(=O)CN. The summed E-state index contributed by atoms with van der Waals surface area (Å²) < 4.78 is 0. The average Bonchev–Trinajstić information content (AvgIpc) is 2.99. The number of nitrogens with one attached hydrogen (secondary N) is 1. The second-order valence-corrected chi connectivity index (χ2v) is 3.91. The Morgan fingerprint density at radius 1 is 1.24 bits per heavy atom. The third kappa shape index (κ3) is 8.41. The van der Waals surface area contributed by atoms with Gasteiger partial charge in [-0.1, -0.05) is 27.7 Å². The number of carbonyl (C=O) groups excluding carboxylic acids is 3. The number of Topliss-reactive ketones (excluding diaryl/α,β-unsaturated/α-hetero) is 1. The van der Waals surface area contributed by atoms with Crippen LogP contribution in [0, 0.1) is 0 Å². The molecule has 124 valence electrons. The van der Waals surface area contributed by atoms with Crippen molar-refractivity contribution in [3.63, 3.8) is 0 Å². The first kappa shape index (κ1) is 21.8. The quantitative estimate of drug-likeness (QED) is 0.725. The summed E-state index contributed by atoms with van der Waals surface area (Å²) in [5.41, 5.74) is 7.43. The molecule has 0 aromatic heterocycles. The van der Waals surface area contributed by atoms with Crippen LogP contribution in [0.3, 0.4) is 0 Å². The zero-order valence-corrected chi connectivity index (χ0v) is 13.8. The monoisotopic (exact) mass is 303 g/mol. The molecule has 1 fully saturated rings. The molecule has 2 amide bonds. The van der Waals surface area contributed by atoms with Crippen molar-refractivity contribution in [2.45, 2.75) is 53.5 Å². The molecule has 0 radical (unpaired) electrons. The number of rotatable bonds is 5. The van der Waals surface area contributed by atoms with Crippen molar-refractivity contribution in [1.29, 1.82) is 0 Å². The molecule has 7 nitrogen and oxygen atoms in total. The first-order valence-corrected chi connectivity index (χ1v) is 7.47. The Kier molecular flexibility index (Phi) is 14.0. The van der Waals surface area contributed by atoms with Crippen LogP contribution >= 0.6 is 0 Å². The lowest BCUT2D eigenvalue weighted by Gasteiger charge is -2.22. The summed E-state index contributed by atoms with van der Waals surface area (Å²) in [6.07, 6.45) is 1.34. The summed E-state index contributed by atoms with van der Waals surface area (Å²) >= 11 is 0. The minimum absolute atomic E-state index is 0.113. The van der Waals surface area contributed by atoms with Crippen molar-refractivity contribution in [3.8, 4) is 0 Å². The fourth-order valence-electron chi connectivity index (χ4n) is 1.73. The summed E-state index contributed by atoms with van der Waals surface area (Å²) in [5.74, 6) is -0.855. The van der Waals surface area contributed by atoms with Crippen LogP contribution in [0.15, 0.2) is 0 Å². The van der Waals surface area contributed by atoms with Gasteiger partial charge in [-0.3, -0.25) is 19.2 Å². The van der Waals surface area contributed by atoms with E-state index in [0.717, 1.165) is 6.42 Å². The molecule has 0 saturated carbocycles. The van der Waals surface area contributed by atoms with Crippen molar-refractivity contribution in [2.24, 2.45) is 5.73 Å². The Morgan fingerprint density at radius 3 is 2.29 bits per heavy atom. The number of nitrogens with zero attached hydrogens (tertiary/aromatic N) is 1. The van der Waals surface area contributed by atoms with E-state index in [1.54, 1.807) is 0 Å². The normalized spacial score (nSPS) is 16.1. The maximum atomic E-state index is 11.7. The van der Waals surface area contributed by atoms with Crippen LogP contribution in [0.5, 0.6) is 0 Å². The lowest BCUT2D eigenvalue weighted by molar-refractivity contribution is -0.146. The van der Waals surface area contributed by atoms with Gasteiger partial charge >= 0.3 is 0 Å². The summed E-state index contributed by atoms with van der Waals surface area (Å²) in [6, 6.07) is -0.544. The van der Waals surface area contributed by atoms with Crippen LogP contribution in [0.4, 0.5) is 0 Å². The fourth-order valence-corrected chi connectivity index (χ4v) is 1.73. The highest BCUT2D eigenvalue weighted by atomic mass is 16.7. The van der Waals surface area contributed by atoms with Gasteiger partial charge in [-0.15, -0.1) is 0 Å². The van der Waals surface area contributed by atoms with Gasteiger partial charge in [-0.2, -0.15) is 0 Å². The molecular formula is C14H29N3O4. The molecule has 0 spiro atoms. The first-order valence-electron chi connectivity index (χ1n) is 7.47. The topological polar surface area (TPSA) is 102 Å². The van der Waals surface area contributed by atoms with E-state index in [4.69, 9.17) is 10.6 Å². The molecule has 1 aliphatic heterocycles. The zero-order chi connectivity index (χ0) is 16.8. The molecular weight excluding hydrogens is 274 g/mol. The van der Waals surface area contributed by atoms with Crippen LogP contribution in [-0.4, -0.2) is 48.2 Å². The van der Waals surface area contributed by atoms with E-state index in [1.807, 2.05) is 27.7 Å². The Hall–Kier alpha value is -1.47. The Balaban J connectivity index is 0. The Morgan fingerprint density at radius 2 is 1.81 bits per heavy atom. The van der Waals surface area contributed by atoms with Gasteiger partial charge in [0, 0.05) is 6.54 Å². The largest absolute Gasteiger partial charge is 0.329 e. The van der Waals surface area contributed by atoms with Gasteiger partial charge < -0.3 is 10.6 Å². The number of hydrogen-bond donors (Lipinski definition) is 2. The predicted octanol–water partition coefficient (Wildman–Crippen LogP) is 0.625. The summed E-state index contributed by atoms with van der Waals surface area (Å²) in [4.78, 5) is 39.9. The van der Waals surface area contributed by atoms with Crippen LogP contribution in [0.25, 0.3) is 0 Å². The minimum atomic E-state index is -0.544. The number of nitrogens with two attached hydrogens (primary N) is 1. The lowest BCUT2D eigenvalue weighted by atomic mass is 10.2. The maximum absolute atomic E-state index is 11.7. The molecule has 1 unspecified atom stereocenters. The molecule has 0 bridgehead atoms. The van der Waals surface area contributed by atoms with E-state index < -0.39 is 11.9 Å². The number of likely N-dealkylation sites (tertiary alicyclic amines) is 1. The second kappa shape index (κ2) is 13.5. The van der Waals surface area contributed by atoms with Crippen LogP contribution in [0.2, 0.25) is 0 Å². The van der Waals surface area contributed by atoms with Crippen molar-refractivity contribution in [3.05, 3.63) is 0 Å². The number of hydroxylamine groups is 1. The third-order valence-corrected chi connectivity index (χ3v) is 2.50. The van der Waals surface area contributed by atoms with Gasteiger partial charge in [-0.05, 0) is 19.8 Å². The van der Waals surface area contributed by atoms with E-state index in [1.165, 1.54) is 11.8 Å². The van der Waals surface area contributed by atoms with Gasteiger partial charge in [0.15, 0.2) is 5.78 Å². The van der Waals surface area contributed by atoms with E-state index in [9.17, 15) is 14.4 Å². The molecule has 0 aromatic carbocycles. The molecule has 21 heavy (non-hydrogen) atoms. The van der Waals surface area contributed by atoms with E-state index in [2.05, 4.69) is 5.48 Å². The van der Waals surface area contributed by atoms with Crippen LogP contribution in [-0.2, 0) is 19.2 Å². The molecule has 1 aliphatic rings. The smallest absolute Gasteiger partial charge is 0.266 e. The van der Waals surface area contributed by atoms with Gasteiger partial charge in [0.05, 0.1) is 6.54 Å². The molecule has 7 heteroatoms. The second-order valence-electron chi connectivity index (χ2n) is 3.91. The van der Waals surface area contributed by atoms with Crippen LogP contribution in [0.1, 0.15) is 47.5 Å². The van der Waals surface area contributed by atoms with Gasteiger partial charge in [-0.25, -0.2) is 5.48 Å². The third-order valence-electron chi connectivity index (χ3n) is 2.50. The molecule has 0 aromatic rings. The maximum Gasteiger partial charge on any atom is 0.266 e. The van der Waals surface area contributed by atoms with Crippen molar-refractivity contribution in [2.75, 3.05) is 19.7 Å². The fraction of sp³-hybridized carbons (Fsp3) is 0.786. The molecule has 1 atom stereocenters. The van der Waals surface area contributed by atoms with Crippen molar-refractivity contribution >= 4 is 17.6 Å². The summed E-state index contributed by atoms with van der Waals surface area (Å²) in [7, 11) is 0. The van der Waals surface area contributed by atoms with Gasteiger partial charge in [0.1, 0.15) is 12.6 Å². The lowest BCUT2D eigenvalue weighted by Crippen LogP contribution is -2.47. The van der Waals surface area contributed by atoms with Gasteiger partial charge in [0.2, 0.25) is 5.91 Å². The Labute approximate surface area is 127 Å². The van der Waals surface area contributed by atoms with Crippen LogP contribution < -0.4 is 11.2 Å². The van der Waals surface area contributed by atoms with Crippen molar-refractivity contribution < 1.29 is 19.2 Å². The standard InChI is InChI=1S/C10H17N3O4.2C2H6/c1-7(14)6-17-12-10(16)8-3-2-4-13(8)9(15)5-11;2*1-2/h8H,2-6,11H2,1H3,(H,12,16);2*1-2H3. The first-order chi connectivity index (χ1) is 10.1. The molecule has 3 N–H and O–H groups in total. The van der Waals surface area contributed by atoms with E-state index in [-0.39, 0.29) is 24.8 Å². The summed E-state index contributed by atoms with van der Waals surface area (Å²) in [6.45, 7) is 9.59. The highest BCUT2D eigenvalue weighted by Gasteiger charge is 2.33. The minimum Gasteiger partial charge on any atom is -0.329 e. The van der Waals surface area contributed by atoms with E-state index >= 15 is 0 Å². The van der Waals surface area contributed by atoms with E-state index in [0.29, 0.717) is 13.0 Å². The summed E-state index contributed by atoms with van der Waals surface area (Å²) in [5, 5.41) is 0. The number of hydrogen-bond acceptors (Lipinski definition) is 5. The predicted molar refractivity (Wildman–Crippen MR) is 81.3 cm³/mol. The molecule has 0 aliphatic carbocycles. The van der Waals surface area contributed by atoms with Gasteiger partial charge in [0.25, 0.3) is 5.91 Å². The molecule has 1 rings (SSSR count). The highest BCUT2D eigenvalue weighted by molar-refractivity contribution is 5.88. The molecule has 1 saturated heterocycles. The van der Waals surface area contributed by atoms with Crippen molar-refractivity contribution in [1.82, 2.24) is 10.4 Å².